The summed E-state index contributed by atoms with van der Waals surface area (Å²) < 4.78 is 33.6. The SMILES string of the molecule is COc1ccc(S(=O)(=O)NC(CC(=O)c2ccccc2)c2ccc(Cl)cc2Cl)cc1. The van der Waals surface area contributed by atoms with E-state index in [1.807, 2.05) is 0 Å². The Morgan fingerprint density at radius 2 is 1.67 bits per heavy atom. The Kier molecular flexibility index (Phi) is 7.15. The van der Waals surface area contributed by atoms with Crippen LogP contribution in [-0.4, -0.2) is 21.3 Å². The van der Waals surface area contributed by atoms with Crippen LogP contribution in [0, 0.1) is 0 Å². The first kappa shape index (κ1) is 22.3. The molecule has 0 aliphatic heterocycles. The summed E-state index contributed by atoms with van der Waals surface area (Å²) in [6.45, 7) is 0. The molecule has 0 amide bonds. The monoisotopic (exact) mass is 463 g/mol. The zero-order valence-corrected chi connectivity index (χ0v) is 18.3. The fraction of sp³-hybridized carbons (Fsp3) is 0.136. The molecule has 0 aliphatic rings. The fourth-order valence-corrected chi connectivity index (χ4v) is 4.69. The Labute approximate surface area is 185 Å². The smallest absolute Gasteiger partial charge is 0.241 e. The third-order valence-electron chi connectivity index (χ3n) is 4.49. The zero-order valence-electron chi connectivity index (χ0n) is 16.0. The third kappa shape index (κ3) is 5.40. The number of methoxy groups -OCH3 is 1. The van der Waals surface area contributed by atoms with Crippen molar-refractivity contribution in [2.75, 3.05) is 7.11 Å². The van der Waals surface area contributed by atoms with Crippen molar-refractivity contribution in [1.82, 2.24) is 4.72 Å². The van der Waals surface area contributed by atoms with E-state index in [1.165, 1.54) is 25.3 Å². The minimum absolute atomic E-state index is 0.0468. The maximum Gasteiger partial charge on any atom is 0.241 e. The highest BCUT2D eigenvalue weighted by molar-refractivity contribution is 7.89. The molecule has 1 unspecified atom stereocenters. The summed E-state index contributed by atoms with van der Waals surface area (Å²) in [6, 6.07) is 18.5. The predicted octanol–water partition coefficient (Wildman–Crippen LogP) is 5.29. The summed E-state index contributed by atoms with van der Waals surface area (Å²) in [7, 11) is -2.44. The van der Waals surface area contributed by atoms with E-state index in [1.54, 1.807) is 54.6 Å². The largest absolute Gasteiger partial charge is 0.497 e. The van der Waals surface area contributed by atoms with Crippen LogP contribution in [0.2, 0.25) is 10.0 Å². The van der Waals surface area contributed by atoms with E-state index in [0.29, 0.717) is 21.9 Å². The molecule has 156 valence electrons. The molecular formula is C22H19Cl2NO4S. The Morgan fingerprint density at radius 1 is 1.00 bits per heavy atom. The molecule has 0 saturated heterocycles. The van der Waals surface area contributed by atoms with E-state index in [2.05, 4.69) is 4.72 Å². The minimum atomic E-state index is -3.94. The highest BCUT2D eigenvalue weighted by Gasteiger charge is 2.26. The number of halogens is 2. The molecule has 0 spiro atoms. The molecule has 0 heterocycles. The van der Waals surface area contributed by atoms with E-state index in [4.69, 9.17) is 27.9 Å². The Hall–Kier alpha value is -2.38. The summed E-state index contributed by atoms with van der Waals surface area (Å²) in [6.07, 6.45) is -0.110. The standard InChI is InChI=1S/C22H19Cl2NO4S/c1-29-17-8-10-18(11-9-17)30(27,28)25-21(19-12-7-16(23)13-20(19)24)14-22(26)15-5-3-2-4-6-15/h2-13,21,25H,14H2,1H3. The van der Waals surface area contributed by atoms with Crippen LogP contribution >= 0.6 is 23.2 Å². The number of sulfonamides is 1. The van der Waals surface area contributed by atoms with E-state index >= 15 is 0 Å². The van der Waals surface area contributed by atoms with Gasteiger partial charge in [-0.1, -0.05) is 59.6 Å². The van der Waals surface area contributed by atoms with Gasteiger partial charge in [0, 0.05) is 22.0 Å². The molecule has 0 aromatic heterocycles. The average molecular weight is 464 g/mol. The number of Topliss-reactive ketones (excluding diaryl/α,β-unsaturated/α-hetero) is 1. The molecule has 5 nitrogen and oxygen atoms in total. The molecule has 8 heteroatoms. The lowest BCUT2D eigenvalue weighted by molar-refractivity contribution is 0.0972. The first-order chi connectivity index (χ1) is 14.3. The highest BCUT2D eigenvalue weighted by Crippen LogP contribution is 2.30. The van der Waals surface area contributed by atoms with Crippen LogP contribution in [0.1, 0.15) is 28.4 Å². The number of ether oxygens (including phenoxy) is 1. The second-order valence-electron chi connectivity index (χ2n) is 6.51. The lowest BCUT2D eigenvalue weighted by Crippen LogP contribution is -2.30. The van der Waals surface area contributed by atoms with E-state index in [9.17, 15) is 13.2 Å². The van der Waals surface area contributed by atoms with Crippen molar-refractivity contribution in [2.24, 2.45) is 0 Å². The number of nitrogens with one attached hydrogen (secondary N) is 1. The molecule has 0 aliphatic carbocycles. The van der Waals surface area contributed by atoms with E-state index in [0.717, 1.165) is 0 Å². The number of benzene rings is 3. The van der Waals surface area contributed by atoms with Gasteiger partial charge in [-0.2, -0.15) is 0 Å². The normalized spacial score (nSPS) is 12.4. The van der Waals surface area contributed by atoms with Gasteiger partial charge in [-0.3, -0.25) is 4.79 Å². The Morgan fingerprint density at radius 3 is 2.27 bits per heavy atom. The summed E-state index contributed by atoms with van der Waals surface area (Å²) >= 11 is 12.3. The summed E-state index contributed by atoms with van der Waals surface area (Å²) in [5, 5.41) is 0.681. The molecule has 3 rings (SSSR count). The second kappa shape index (κ2) is 9.62. The van der Waals surface area contributed by atoms with Gasteiger partial charge in [0.15, 0.2) is 5.78 Å². The molecule has 0 radical (unpaired) electrons. The van der Waals surface area contributed by atoms with Crippen LogP contribution in [0.5, 0.6) is 5.75 Å². The van der Waals surface area contributed by atoms with Gasteiger partial charge >= 0.3 is 0 Å². The van der Waals surface area contributed by atoms with Crippen LogP contribution in [0.4, 0.5) is 0 Å². The van der Waals surface area contributed by atoms with Gasteiger partial charge in [0.2, 0.25) is 10.0 Å². The van der Waals surface area contributed by atoms with Crippen molar-refractivity contribution in [1.29, 1.82) is 0 Å². The van der Waals surface area contributed by atoms with Crippen molar-refractivity contribution in [3.8, 4) is 5.75 Å². The van der Waals surface area contributed by atoms with E-state index < -0.39 is 16.1 Å². The van der Waals surface area contributed by atoms with Gasteiger partial charge in [-0.15, -0.1) is 0 Å². The van der Waals surface area contributed by atoms with Crippen molar-refractivity contribution in [2.45, 2.75) is 17.4 Å². The van der Waals surface area contributed by atoms with Gasteiger partial charge < -0.3 is 4.74 Å². The van der Waals surface area contributed by atoms with Crippen LogP contribution in [-0.2, 0) is 10.0 Å². The first-order valence-electron chi connectivity index (χ1n) is 9.00. The molecule has 3 aromatic rings. The van der Waals surface area contributed by atoms with Gasteiger partial charge in [-0.25, -0.2) is 13.1 Å². The van der Waals surface area contributed by atoms with Crippen LogP contribution in [0.15, 0.2) is 77.7 Å². The maximum absolute atomic E-state index is 13.0. The van der Waals surface area contributed by atoms with Crippen molar-refractivity contribution in [3.63, 3.8) is 0 Å². The Bertz CT molecular complexity index is 1130. The quantitative estimate of drug-likeness (QED) is 0.460. The lowest BCUT2D eigenvalue weighted by atomic mass is 9.98. The molecule has 30 heavy (non-hydrogen) atoms. The van der Waals surface area contributed by atoms with Crippen molar-refractivity contribution >= 4 is 39.0 Å². The molecule has 0 fully saturated rings. The first-order valence-corrected chi connectivity index (χ1v) is 11.2. The van der Waals surface area contributed by atoms with Crippen LogP contribution < -0.4 is 9.46 Å². The van der Waals surface area contributed by atoms with Crippen molar-refractivity contribution < 1.29 is 17.9 Å². The highest BCUT2D eigenvalue weighted by atomic mass is 35.5. The number of hydrogen-bond acceptors (Lipinski definition) is 4. The predicted molar refractivity (Wildman–Crippen MR) is 118 cm³/mol. The zero-order chi connectivity index (χ0) is 21.7. The molecular weight excluding hydrogens is 445 g/mol. The third-order valence-corrected chi connectivity index (χ3v) is 6.54. The summed E-state index contributed by atoms with van der Waals surface area (Å²) in [4.78, 5) is 12.8. The van der Waals surface area contributed by atoms with Crippen LogP contribution in [0.3, 0.4) is 0 Å². The molecule has 0 bridgehead atoms. The van der Waals surface area contributed by atoms with Gasteiger partial charge in [-0.05, 0) is 42.0 Å². The number of hydrogen-bond donors (Lipinski definition) is 1. The number of rotatable bonds is 8. The van der Waals surface area contributed by atoms with Gasteiger partial charge in [0.25, 0.3) is 0 Å². The average Bonchev–Trinajstić information content (AvgIpc) is 2.74. The maximum atomic E-state index is 13.0. The van der Waals surface area contributed by atoms with Crippen molar-refractivity contribution in [3.05, 3.63) is 94.0 Å². The number of carbonyl (C=O) groups is 1. The molecule has 0 saturated carbocycles. The molecule has 3 aromatic carbocycles. The summed E-state index contributed by atoms with van der Waals surface area (Å²) in [5.74, 6) is 0.314. The second-order valence-corrected chi connectivity index (χ2v) is 9.07. The summed E-state index contributed by atoms with van der Waals surface area (Å²) in [5.41, 5.74) is 0.943. The minimum Gasteiger partial charge on any atom is -0.497 e. The van der Waals surface area contributed by atoms with Gasteiger partial charge in [0.05, 0.1) is 18.0 Å². The Balaban J connectivity index is 1.94. The van der Waals surface area contributed by atoms with Gasteiger partial charge in [0.1, 0.15) is 5.75 Å². The number of ketones is 1. The lowest BCUT2D eigenvalue weighted by Gasteiger charge is -2.20. The topological polar surface area (TPSA) is 72.5 Å². The fourth-order valence-electron chi connectivity index (χ4n) is 2.94. The van der Waals surface area contributed by atoms with Crippen LogP contribution in [0.25, 0.3) is 0 Å². The molecule has 1 N–H and O–H groups in total. The molecule has 1 atom stereocenters. The number of carbonyl (C=O) groups excluding carboxylic acids is 1. The van der Waals surface area contributed by atoms with E-state index in [-0.39, 0.29) is 22.1 Å².